The summed E-state index contributed by atoms with van der Waals surface area (Å²) in [5, 5.41) is 18.9. The molecular formula is C12H22IN5O4. The maximum atomic E-state index is 12.4. The van der Waals surface area contributed by atoms with E-state index in [1.165, 1.54) is 16.1 Å². The van der Waals surface area contributed by atoms with Crippen LogP contribution < -0.4 is 10.6 Å². The number of halogens is 1. The van der Waals surface area contributed by atoms with Crippen molar-refractivity contribution in [3.05, 3.63) is 12.0 Å². The molecule has 1 aliphatic heterocycles. The van der Waals surface area contributed by atoms with Gasteiger partial charge in [-0.25, -0.2) is 4.98 Å². The molecule has 0 saturated carbocycles. The number of imidazole rings is 1. The van der Waals surface area contributed by atoms with E-state index >= 15 is 0 Å². The summed E-state index contributed by atoms with van der Waals surface area (Å²) in [7, 11) is 1.70. The van der Waals surface area contributed by atoms with Gasteiger partial charge in [0, 0.05) is 20.2 Å². The van der Waals surface area contributed by atoms with E-state index in [9.17, 15) is 9.90 Å². The van der Waals surface area contributed by atoms with Gasteiger partial charge in [-0.3, -0.25) is 15.4 Å². The number of hydrogen-bond acceptors (Lipinski definition) is 7. The number of aryl methyl sites for hydroxylation is 1. The lowest BCUT2D eigenvalue weighted by molar-refractivity contribution is -0.112. The molecule has 1 aliphatic rings. The van der Waals surface area contributed by atoms with Crippen molar-refractivity contribution in [3.8, 4) is 0 Å². The molecule has 0 fully saturated rings. The van der Waals surface area contributed by atoms with Crippen LogP contribution in [0.25, 0.3) is 0 Å². The molecule has 2 heterocycles. The third kappa shape index (κ3) is 3.35. The third-order valence-electron chi connectivity index (χ3n) is 3.38. The molecule has 1 amide bonds. The summed E-state index contributed by atoms with van der Waals surface area (Å²) in [6.07, 6.45) is -0.329. The fourth-order valence-electron chi connectivity index (χ4n) is 2.28. The Kier molecular flexibility index (Phi) is 6.99. The minimum atomic E-state index is -1.35. The molecule has 0 spiro atoms. The Morgan fingerprint density at radius 2 is 2.23 bits per heavy atom. The van der Waals surface area contributed by atoms with Crippen LogP contribution in [-0.2, 0) is 11.8 Å². The lowest BCUT2D eigenvalue weighted by Crippen LogP contribution is -2.63. The first-order valence-electron chi connectivity index (χ1n) is 6.79. The van der Waals surface area contributed by atoms with Crippen LogP contribution in [-0.4, -0.2) is 63.0 Å². The van der Waals surface area contributed by atoms with Gasteiger partial charge in [0.15, 0.2) is 17.8 Å². The lowest BCUT2D eigenvalue weighted by atomic mass is 10.2. The number of anilines is 1. The van der Waals surface area contributed by atoms with Gasteiger partial charge in [0.2, 0.25) is 6.41 Å². The number of amides is 1. The van der Waals surface area contributed by atoms with Crippen molar-refractivity contribution >= 4 is 35.7 Å². The van der Waals surface area contributed by atoms with Gasteiger partial charge >= 0.3 is 0 Å². The van der Waals surface area contributed by atoms with E-state index in [4.69, 9.17) is 15.6 Å². The number of aromatic nitrogens is 2. The van der Waals surface area contributed by atoms with E-state index in [0.717, 1.165) is 0 Å². The van der Waals surface area contributed by atoms with E-state index in [0.29, 0.717) is 18.7 Å². The first-order chi connectivity index (χ1) is 10.0. The molecule has 4 N–H and O–H groups in total. The molecule has 0 radical (unpaired) electrons. The highest BCUT2D eigenvalue weighted by Crippen LogP contribution is 2.29. The van der Waals surface area contributed by atoms with E-state index in [1.54, 1.807) is 18.5 Å². The van der Waals surface area contributed by atoms with E-state index in [-0.39, 0.29) is 48.9 Å². The number of aliphatic hydroxyl groups is 2. The van der Waals surface area contributed by atoms with Crippen molar-refractivity contribution in [2.75, 3.05) is 24.7 Å². The molecular weight excluding hydrogens is 405 g/mol. The molecule has 126 valence electrons. The summed E-state index contributed by atoms with van der Waals surface area (Å²) in [5.74, 6) is 0.0509. The van der Waals surface area contributed by atoms with Crippen molar-refractivity contribution in [2.45, 2.75) is 26.0 Å². The predicted octanol–water partition coefficient (Wildman–Crippen LogP) is -0.763. The van der Waals surface area contributed by atoms with Crippen LogP contribution in [0, 0.1) is 0 Å². The Morgan fingerprint density at radius 3 is 2.82 bits per heavy atom. The molecule has 1 aromatic heterocycles. The number of hydrogen-bond donors (Lipinski definition) is 3. The van der Waals surface area contributed by atoms with Gasteiger partial charge in [-0.2, -0.15) is 0 Å². The van der Waals surface area contributed by atoms with Crippen LogP contribution in [0.3, 0.4) is 0 Å². The summed E-state index contributed by atoms with van der Waals surface area (Å²) in [6, 6.07) is 0. The smallest absolute Gasteiger partial charge is 0.277 e. The van der Waals surface area contributed by atoms with Gasteiger partial charge in [0.1, 0.15) is 0 Å². The van der Waals surface area contributed by atoms with Gasteiger partial charge in [-0.1, -0.05) is 0 Å². The Hall–Kier alpha value is -0.950. The monoisotopic (exact) mass is 427 g/mol. The molecule has 2 unspecified atom stereocenters. The Balaban J connectivity index is 0.00000242. The largest absolute Gasteiger partial charge is 0.396 e. The number of ether oxygens (including phenoxy) is 1. The second kappa shape index (κ2) is 8.06. The number of aliphatic hydroxyl groups excluding tert-OH is 2. The zero-order chi connectivity index (χ0) is 15.6. The maximum Gasteiger partial charge on any atom is 0.277 e. The van der Waals surface area contributed by atoms with Crippen molar-refractivity contribution < 1.29 is 19.7 Å². The normalized spacial score (nSPS) is 19.0. The summed E-state index contributed by atoms with van der Waals surface area (Å²) in [6.45, 7) is 2.33. The van der Waals surface area contributed by atoms with Crippen LogP contribution in [0.2, 0.25) is 0 Å². The quantitative estimate of drug-likeness (QED) is 0.310. The van der Waals surface area contributed by atoms with Gasteiger partial charge < -0.3 is 24.4 Å². The topological polar surface area (TPSA) is 117 Å². The SMILES string of the molecule is CCN1C(=O)c2c(ncn2C)N(C(O)OCCCO)C1N.I. The summed E-state index contributed by atoms with van der Waals surface area (Å²) in [5.41, 5.74) is 6.40. The van der Waals surface area contributed by atoms with Gasteiger partial charge in [0.25, 0.3) is 5.91 Å². The Bertz CT molecular complexity index is 512. The molecule has 9 nitrogen and oxygen atoms in total. The second-order valence-corrected chi connectivity index (χ2v) is 4.71. The highest BCUT2D eigenvalue weighted by atomic mass is 127. The highest BCUT2D eigenvalue weighted by molar-refractivity contribution is 14.0. The second-order valence-electron chi connectivity index (χ2n) is 4.71. The van der Waals surface area contributed by atoms with E-state index in [1.807, 2.05) is 0 Å². The molecule has 10 heteroatoms. The third-order valence-corrected chi connectivity index (χ3v) is 3.38. The van der Waals surface area contributed by atoms with Gasteiger partial charge in [-0.05, 0) is 13.3 Å². The van der Waals surface area contributed by atoms with Crippen LogP contribution in [0.5, 0.6) is 0 Å². The molecule has 22 heavy (non-hydrogen) atoms. The fraction of sp³-hybridized carbons (Fsp3) is 0.667. The Morgan fingerprint density at radius 1 is 1.55 bits per heavy atom. The standard InChI is InChI=1S/C12H21N5O4.HI/c1-3-16-10(19)8-9(14-7-15(8)2)17(11(16)13)12(20)21-6-4-5-18;/h7,11-12,18,20H,3-6,13H2,1-2H3;1H. The number of carbonyl (C=O) groups is 1. The molecule has 1 aromatic rings. The first kappa shape index (κ1) is 19.1. The fourth-order valence-corrected chi connectivity index (χ4v) is 2.28. The van der Waals surface area contributed by atoms with Gasteiger partial charge in [-0.15, -0.1) is 24.0 Å². The number of fused-ring (bicyclic) bond motifs is 1. The van der Waals surface area contributed by atoms with Crippen molar-refractivity contribution in [3.63, 3.8) is 0 Å². The average Bonchev–Trinajstić information content (AvgIpc) is 2.82. The molecule has 0 aliphatic carbocycles. The molecule has 2 atom stereocenters. The van der Waals surface area contributed by atoms with Crippen molar-refractivity contribution in [1.82, 2.24) is 14.5 Å². The lowest BCUT2D eigenvalue weighted by Gasteiger charge is -2.42. The summed E-state index contributed by atoms with van der Waals surface area (Å²) >= 11 is 0. The minimum absolute atomic E-state index is 0. The van der Waals surface area contributed by atoms with E-state index < -0.39 is 12.7 Å². The molecule has 2 rings (SSSR count). The van der Waals surface area contributed by atoms with Crippen molar-refractivity contribution in [1.29, 1.82) is 0 Å². The minimum Gasteiger partial charge on any atom is -0.396 e. The number of nitrogens with two attached hydrogens (primary N) is 1. The zero-order valence-electron chi connectivity index (χ0n) is 12.5. The molecule has 0 bridgehead atoms. The maximum absolute atomic E-state index is 12.4. The highest BCUT2D eigenvalue weighted by Gasteiger charge is 2.41. The van der Waals surface area contributed by atoms with Crippen LogP contribution in [0.1, 0.15) is 23.8 Å². The Labute approximate surface area is 145 Å². The van der Waals surface area contributed by atoms with Crippen LogP contribution >= 0.6 is 24.0 Å². The van der Waals surface area contributed by atoms with Crippen molar-refractivity contribution in [2.24, 2.45) is 12.8 Å². The molecule has 0 saturated heterocycles. The van der Waals surface area contributed by atoms with E-state index in [2.05, 4.69) is 4.98 Å². The first-order valence-corrected chi connectivity index (χ1v) is 6.79. The van der Waals surface area contributed by atoms with Crippen LogP contribution in [0.4, 0.5) is 5.82 Å². The van der Waals surface area contributed by atoms with Gasteiger partial charge in [0.05, 0.1) is 12.9 Å². The summed E-state index contributed by atoms with van der Waals surface area (Å²) < 4.78 is 6.82. The average molecular weight is 427 g/mol. The number of carbonyl (C=O) groups excluding carboxylic acids is 1. The zero-order valence-corrected chi connectivity index (χ0v) is 14.9. The summed E-state index contributed by atoms with van der Waals surface area (Å²) in [4.78, 5) is 19.3. The molecule has 0 aromatic carbocycles. The predicted molar refractivity (Wildman–Crippen MR) is 89.4 cm³/mol. The number of nitrogens with zero attached hydrogens (tertiary/aromatic N) is 4. The van der Waals surface area contributed by atoms with Crippen LogP contribution in [0.15, 0.2) is 6.33 Å². The number of rotatable bonds is 6.